The Morgan fingerprint density at radius 2 is 1.07 bits per heavy atom. The highest BCUT2D eigenvalue weighted by molar-refractivity contribution is 5.70. The van der Waals surface area contributed by atoms with Gasteiger partial charge in [-0.15, -0.1) is 0 Å². The van der Waals surface area contributed by atoms with E-state index in [1.807, 2.05) is 18.2 Å². The second kappa shape index (κ2) is 37.7. The van der Waals surface area contributed by atoms with Crippen LogP contribution >= 0.6 is 0 Å². The number of esters is 2. The van der Waals surface area contributed by atoms with Crippen LogP contribution in [0.15, 0.2) is 72.9 Å². The number of quaternary nitrogens is 1. The summed E-state index contributed by atoms with van der Waals surface area (Å²) >= 11 is 0. The van der Waals surface area contributed by atoms with Crippen LogP contribution in [-0.4, -0.2) is 75.5 Å². The van der Waals surface area contributed by atoms with Gasteiger partial charge in [-0.1, -0.05) is 151 Å². The fourth-order valence-corrected chi connectivity index (χ4v) is 5.78. The van der Waals surface area contributed by atoms with Crippen molar-refractivity contribution >= 4 is 17.9 Å². The van der Waals surface area contributed by atoms with Gasteiger partial charge in [-0.3, -0.25) is 9.59 Å². The van der Waals surface area contributed by atoms with Crippen molar-refractivity contribution in [2.24, 2.45) is 0 Å². The molecule has 0 spiro atoms. The van der Waals surface area contributed by atoms with Crippen molar-refractivity contribution in [3.8, 4) is 0 Å². The molecule has 0 heterocycles. The SMILES string of the molecule is CCCCC/C=C/C=C/C=C/C=C/CCCCCCCC(=O)OC(COCCC(C(=O)[O-])[N+](C)(C)C)COC(=O)CC/C=C/C/C=C/CCCCCCCC. The quantitative estimate of drug-likeness (QED) is 0.0204. The zero-order valence-corrected chi connectivity index (χ0v) is 35.6. The zero-order chi connectivity index (χ0) is 40.7. The van der Waals surface area contributed by atoms with Crippen molar-refractivity contribution in [1.82, 2.24) is 0 Å². The van der Waals surface area contributed by atoms with Crippen LogP contribution in [0.4, 0.5) is 0 Å². The highest BCUT2D eigenvalue weighted by Gasteiger charge is 2.25. The van der Waals surface area contributed by atoms with E-state index in [1.54, 1.807) is 21.1 Å². The van der Waals surface area contributed by atoms with Crippen molar-refractivity contribution < 1.29 is 38.2 Å². The third kappa shape index (κ3) is 36.2. The second-order valence-corrected chi connectivity index (χ2v) is 15.3. The molecule has 2 unspecified atom stereocenters. The Balaban J connectivity index is 4.50. The van der Waals surface area contributed by atoms with Gasteiger partial charge in [-0.2, -0.15) is 0 Å². The fraction of sp³-hybridized carbons (Fsp3) is 0.681. The molecule has 2 atom stereocenters. The first-order valence-electron chi connectivity index (χ1n) is 21.5. The van der Waals surface area contributed by atoms with Gasteiger partial charge in [0.2, 0.25) is 0 Å². The van der Waals surface area contributed by atoms with E-state index in [9.17, 15) is 19.5 Å². The number of carbonyl (C=O) groups is 3. The first-order chi connectivity index (χ1) is 26.6. The molecule has 0 aliphatic carbocycles. The molecule has 0 rings (SSSR count). The molecule has 0 amide bonds. The van der Waals surface area contributed by atoms with Gasteiger partial charge >= 0.3 is 11.9 Å². The molecule has 0 saturated heterocycles. The summed E-state index contributed by atoms with van der Waals surface area (Å²) in [6.45, 7) is 4.51. The number of rotatable bonds is 37. The van der Waals surface area contributed by atoms with Crippen molar-refractivity contribution in [1.29, 1.82) is 0 Å². The number of hydrogen-bond donors (Lipinski definition) is 0. The Bertz CT molecular complexity index is 1130. The molecule has 8 heteroatoms. The molecule has 0 N–H and O–H groups in total. The lowest BCUT2D eigenvalue weighted by atomic mass is 10.1. The minimum absolute atomic E-state index is 0.00999. The average molecular weight is 770 g/mol. The first-order valence-corrected chi connectivity index (χ1v) is 21.5. The van der Waals surface area contributed by atoms with Crippen LogP contribution in [-0.2, 0) is 28.6 Å². The maximum atomic E-state index is 12.7. The zero-order valence-electron chi connectivity index (χ0n) is 35.6. The summed E-state index contributed by atoms with van der Waals surface area (Å²) in [5.41, 5.74) is 0. The molecule has 0 aromatic carbocycles. The van der Waals surface area contributed by atoms with Crippen molar-refractivity contribution in [3.05, 3.63) is 72.9 Å². The molecule has 0 aliphatic heterocycles. The third-order valence-electron chi connectivity index (χ3n) is 9.17. The van der Waals surface area contributed by atoms with Crippen LogP contribution in [0.25, 0.3) is 0 Å². The average Bonchev–Trinajstić information content (AvgIpc) is 3.14. The molecule has 0 radical (unpaired) electrons. The lowest BCUT2D eigenvalue weighted by Crippen LogP contribution is -2.55. The summed E-state index contributed by atoms with van der Waals surface area (Å²) in [5.74, 6) is -1.86. The number of likely N-dealkylation sites (N-methyl/N-ethyl adjacent to an activating group) is 1. The Hall–Kier alpha value is -3.23. The van der Waals surface area contributed by atoms with Crippen LogP contribution in [0.2, 0.25) is 0 Å². The summed E-state index contributed by atoms with van der Waals surface area (Å²) in [7, 11) is 5.37. The monoisotopic (exact) mass is 770 g/mol. The number of ether oxygens (including phenoxy) is 3. The smallest absolute Gasteiger partial charge is 0.306 e. The van der Waals surface area contributed by atoms with Gasteiger partial charge in [0.1, 0.15) is 12.6 Å². The number of allylic oxidation sites excluding steroid dienone is 12. The second-order valence-electron chi connectivity index (χ2n) is 15.3. The van der Waals surface area contributed by atoms with Gasteiger partial charge in [0.05, 0.1) is 40.3 Å². The van der Waals surface area contributed by atoms with Crippen LogP contribution in [0.3, 0.4) is 0 Å². The number of carbonyl (C=O) groups excluding carboxylic acids is 3. The Labute approximate surface area is 336 Å². The minimum atomic E-state index is -1.14. The first kappa shape index (κ1) is 51.8. The summed E-state index contributed by atoms with van der Waals surface area (Å²) < 4.78 is 17.0. The molecule has 0 bridgehead atoms. The molecule has 0 aromatic heterocycles. The summed E-state index contributed by atoms with van der Waals surface area (Å²) in [6, 6.07) is -0.740. The maximum absolute atomic E-state index is 12.7. The number of nitrogens with zero attached hydrogens (tertiary/aromatic N) is 1. The lowest BCUT2D eigenvalue weighted by molar-refractivity contribution is -0.889. The Morgan fingerprint density at radius 1 is 0.564 bits per heavy atom. The molecular weight excluding hydrogens is 691 g/mol. The molecule has 8 nitrogen and oxygen atoms in total. The normalized spacial score (nSPS) is 13.7. The van der Waals surface area contributed by atoms with E-state index in [4.69, 9.17) is 14.2 Å². The molecule has 0 fully saturated rings. The fourth-order valence-electron chi connectivity index (χ4n) is 5.78. The van der Waals surface area contributed by atoms with Gasteiger partial charge in [0, 0.05) is 19.3 Å². The summed E-state index contributed by atoms with van der Waals surface area (Å²) in [6.07, 6.45) is 46.5. The van der Waals surface area contributed by atoms with Gasteiger partial charge in [-0.05, 0) is 57.8 Å². The van der Waals surface area contributed by atoms with E-state index in [-0.39, 0.29) is 55.5 Å². The largest absolute Gasteiger partial charge is 0.544 e. The lowest BCUT2D eigenvalue weighted by Gasteiger charge is -2.34. The van der Waals surface area contributed by atoms with Crippen LogP contribution < -0.4 is 5.11 Å². The van der Waals surface area contributed by atoms with E-state index in [0.29, 0.717) is 6.42 Å². The van der Waals surface area contributed by atoms with Crippen LogP contribution in [0, 0.1) is 0 Å². The highest BCUT2D eigenvalue weighted by Crippen LogP contribution is 2.12. The van der Waals surface area contributed by atoms with Gasteiger partial charge in [0.25, 0.3) is 0 Å². The van der Waals surface area contributed by atoms with E-state index in [1.165, 1.54) is 57.8 Å². The molecule has 55 heavy (non-hydrogen) atoms. The van der Waals surface area contributed by atoms with E-state index < -0.39 is 18.1 Å². The van der Waals surface area contributed by atoms with Crippen LogP contribution in [0.5, 0.6) is 0 Å². The predicted octanol–water partition coefficient (Wildman–Crippen LogP) is 10.2. The highest BCUT2D eigenvalue weighted by atomic mass is 16.6. The third-order valence-corrected chi connectivity index (χ3v) is 9.17. The molecule has 0 saturated carbocycles. The van der Waals surface area contributed by atoms with Gasteiger partial charge in [-0.25, -0.2) is 0 Å². The van der Waals surface area contributed by atoms with Crippen molar-refractivity contribution in [2.75, 3.05) is 41.0 Å². The predicted molar refractivity (Wildman–Crippen MR) is 226 cm³/mol. The Morgan fingerprint density at radius 3 is 1.67 bits per heavy atom. The number of hydrogen-bond acceptors (Lipinski definition) is 7. The molecule has 314 valence electrons. The van der Waals surface area contributed by atoms with E-state index >= 15 is 0 Å². The number of carboxylic acids is 1. The topological polar surface area (TPSA) is 102 Å². The summed E-state index contributed by atoms with van der Waals surface area (Å²) in [4.78, 5) is 36.8. The minimum Gasteiger partial charge on any atom is -0.544 e. The van der Waals surface area contributed by atoms with Gasteiger partial charge < -0.3 is 28.6 Å². The Kier molecular flexibility index (Phi) is 35.5. The standard InChI is InChI=1S/C47H79NO7/c1-6-8-10-12-14-16-18-20-21-22-23-24-26-28-30-32-34-36-38-46(50)55-43(41-53-40-39-44(47(51)52)48(3,4)5)42-54-45(49)37-35-33-31-29-27-25-19-17-15-13-11-9-7-2/h14,16,18,20-25,27,31,33,43-44H,6-13,15,17,19,26,28-30,32,34-42H2,1-5H3/b16-14+,20-18+,22-21+,24-23+,27-25+,33-31+. The van der Waals surface area contributed by atoms with Gasteiger partial charge in [0.15, 0.2) is 6.10 Å². The van der Waals surface area contributed by atoms with E-state index in [0.717, 1.165) is 57.8 Å². The molecular formula is C47H79NO7. The van der Waals surface area contributed by atoms with Crippen molar-refractivity contribution in [3.63, 3.8) is 0 Å². The van der Waals surface area contributed by atoms with Crippen LogP contribution in [0.1, 0.15) is 155 Å². The van der Waals surface area contributed by atoms with Crippen molar-refractivity contribution in [2.45, 2.75) is 167 Å². The number of unbranched alkanes of at least 4 members (excludes halogenated alkanes) is 14. The maximum Gasteiger partial charge on any atom is 0.306 e. The number of carboxylic acid groups (broad SMARTS) is 1. The molecule has 0 aliphatic rings. The van der Waals surface area contributed by atoms with E-state index in [2.05, 4.69) is 68.5 Å². The number of aliphatic carboxylic acids is 1. The molecule has 0 aromatic rings. The summed E-state index contributed by atoms with van der Waals surface area (Å²) in [5, 5.41) is 11.6.